The van der Waals surface area contributed by atoms with Gasteiger partial charge in [-0.25, -0.2) is 14.8 Å². The van der Waals surface area contributed by atoms with Crippen molar-refractivity contribution in [2.45, 2.75) is 19.4 Å². The lowest BCUT2D eigenvalue weighted by Gasteiger charge is -2.16. The van der Waals surface area contributed by atoms with E-state index in [-0.39, 0.29) is 11.6 Å². The fourth-order valence-electron chi connectivity index (χ4n) is 2.23. The van der Waals surface area contributed by atoms with Gasteiger partial charge in [-0.05, 0) is 31.9 Å². The van der Waals surface area contributed by atoms with Crippen LogP contribution >= 0.6 is 0 Å². The van der Waals surface area contributed by atoms with Crippen LogP contribution in [0.3, 0.4) is 0 Å². The number of benzene rings is 1. The van der Waals surface area contributed by atoms with E-state index in [1.165, 1.54) is 0 Å². The number of anilines is 1. The van der Waals surface area contributed by atoms with Crippen molar-refractivity contribution in [2.75, 3.05) is 11.4 Å². The summed E-state index contributed by atoms with van der Waals surface area (Å²) in [7, 11) is 0. The zero-order chi connectivity index (χ0) is 15.6. The zero-order valence-electron chi connectivity index (χ0n) is 12.5. The minimum absolute atomic E-state index is 0.151. The molecule has 0 spiro atoms. The maximum absolute atomic E-state index is 11.9. The van der Waals surface area contributed by atoms with Gasteiger partial charge in [-0.3, -0.25) is 4.90 Å². The molecule has 1 saturated heterocycles. The normalized spacial score (nSPS) is 15.9. The topological polar surface area (TPSA) is 58.1 Å². The zero-order valence-corrected chi connectivity index (χ0v) is 12.5. The van der Waals surface area contributed by atoms with E-state index in [1.54, 1.807) is 17.3 Å². The van der Waals surface area contributed by atoms with Gasteiger partial charge < -0.3 is 5.32 Å². The largest absolute Gasteiger partial charge is 0.331 e. The fourth-order valence-corrected chi connectivity index (χ4v) is 2.23. The number of rotatable bonds is 1. The molecule has 1 N–H and O–H groups in total. The molecule has 0 radical (unpaired) electrons. The summed E-state index contributed by atoms with van der Waals surface area (Å²) in [4.78, 5) is 22.0. The predicted molar refractivity (Wildman–Crippen MR) is 84.4 cm³/mol. The molecule has 0 unspecified atom stereocenters. The van der Waals surface area contributed by atoms with Crippen LogP contribution in [0.5, 0.6) is 0 Å². The Labute approximate surface area is 129 Å². The van der Waals surface area contributed by atoms with Crippen LogP contribution in [0.15, 0.2) is 42.7 Å². The average Bonchev–Trinajstić information content (AvgIpc) is 2.80. The smallest absolute Gasteiger partial charge is 0.323 e. The van der Waals surface area contributed by atoms with E-state index in [0.29, 0.717) is 18.1 Å². The number of nitrogens with one attached hydrogen (secondary N) is 1. The van der Waals surface area contributed by atoms with Crippen LogP contribution in [0.2, 0.25) is 0 Å². The number of aromatic nitrogens is 2. The number of carbonyl (C=O) groups excluding carboxylic acids is 1. The van der Waals surface area contributed by atoms with Gasteiger partial charge in [-0.1, -0.05) is 24.1 Å². The Kier molecular flexibility index (Phi) is 3.51. The van der Waals surface area contributed by atoms with Crippen LogP contribution in [0.1, 0.15) is 25.1 Å². The van der Waals surface area contributed by atoms with Gasteiger partial charge in [0.2, 0.25) is 0 Å². The fraction of sp³-hybridized carbons (Fsp3) is 0.235. The van der Waals surface area contributed by atoms with E-state index in [0.717, 1.165) is 5.56 Å². The molecule has 0 atom stereocenters. The number of hydrogen-bond donors (Lipinski definition) is 1. The van der Waals surface area contributed by atoms with E-state index >= 15 is 0 Å². The SMILES string of the molecule is CC1(C)CN(c2cnc(C#Cc3ccccc3)cn2)C(=O)N1. The van der Waals surface area contributed by atoms with Crippen molar-refractivity contribution in [3.8, 4) is 11.8 Å². The van der Waals surface area contributed by atoms with Crippen LogP contribution < -0.4 is 10.2 Å². The Bertz CT molecular complexity index is 742. The standard InChI is InChI=1S/C17H16N4O/c1-17(2)12-21(16(22)20-17)15-11-18-14(10-19-15)9-8-13-6-4-3-5-7-13/h3-7,10-11H,12H2,1-2H3,(H,20,22). The maximum atomic E-state index is 11.9. The third kappa shape index (κ3) is 3.07. The van der Waals surface area contributed by atoms with Gasteiger partial charge in [0.1, 0.15) is 5.69 Å². The first kappa shape index (κ1) is 14.1. The highest BCUT2D eigenvalue weighted by molar-refractivity contribution is 5.94. The summed E-state index contributed by atoms with van der Waals surface area (Å²) in [6.07, 6.45) is 3.17. The van der Waals surface area contributed by atoms with Gasteiger partial charge in [-0.15, -0.1) is 0 Å². The van der Waals surface area contributed by atoms with E-state index in [9.17, 15) is 4.79 Å². The summed E-state index contributed by atoms with van der Waals surface area (Å²) in [5.41, 5.74) is 1.24. The second-order valence-corrected chi connectivity index (χ2v) is 5.78. The summed E-state index contributed by atoms with van der Waals surface area (Å²) in [5.74, 6) is 6.53. The number of nitrogens with zero attached hydrogens (tertiary/aromatic N) is 3. The van der Waals surface area contributed by atoms with Crippen molar-refractivity contribution in [3.05, 3.63) is 54.0 Å². The molecule has 1 aromatic carbocycles. The molecule has 1 aliphatic heterocycles. The maximum Gasteiger partial charge on any atom is 0.323 e. The van der Waals surface area contributed by atoms with Crippen molar-refractivity contribution in [1.29, 1.82) is 0 Å². The predicted octanol–water partition coefficient (Wildman–Crippen LogP) is 2.18. The van der Waals surface area contributed by atoms with Crippen molar-refractivity contribution in [3.63, 3.8) is 0 Å². The van der Waals surface area contributed by atoms with E-state index in [1.807, 2.05) is 44.2 Å². The summed E-state index contributed by atoms with van der Waals surface area (Å²) < 4.78 is 0. The first-order valence-corrected chi connectivity index (χ1v) is 7.02. The van der Waals surface area contributed by atoms with Gasteiger partial charge in [0.15, 0.2) is 5.82 Å². The van der Waals surface area contributed by atoms with Crippen molar-refractivity contribution >= 4 is 11.8 Å². The highest BCUT2D eigenvalue weighted by atomic mass is 16.2. The number of carbonyl (C=O) groups is 1. The first-order valence-electron chi connectivity index (χ1n) is 7.02. The second kappa shape index (κ2) is 5.49. The summed E-state index contributed by atoms with van der Waals surface area (Å²) in [6.45, 7) is 4.51. The molecule has 1 aromatic heterocycles. The minimum atomic E-state index is -0.259. The second-order valence-electron chi connectivity index (χ2n) is 5.78. The summed E-state index contributed by atoms with van der Waals surface area (Å²) in [5, 5.41) is 2.89. The number of urea groups is 1. The monoisotopic (exact) mass is 292 g/mol. The minimum Gasteiger partial charge on any atom is -0.331 e. The van der Waals surface area contributed by atoms with Gasteiger partial charge in [0, 0.05) is 5.56 Å². The Morgan fingerprint density at radius 3 is 2.50 bits per heavy atom. The molecule has 0 saturated carbocycles. The lowest BCUT2D eigenvalue weighted by molar-refractivity contribution is 0.248. The molecule has 2 aromatic rings. The van der Waals surface area contributed by atoms with Gasteiger partial charge >= 0.3 is 6.03 Å². The summed E-state index contributed by atoms with van der Waals surface area (Å²) >= 11 is 0. The van der Waals surface area contributed by atoms with Crippen LogP contribution in [0.4, 0.5) is 10.6 Å². The Morgan fingerprint density at radius 1 is 1.14 bits per heavy atom. The highest BCUT2D eigenvalue weighted by Gasteiger charge is 2.36. The molecule has 3 rings (SSSR count). The van der Waals surface area contributed by atoms with Crippen LogP contribution in [-0.4, -0.2) is 28.1 Å². The summed E-state index contributed by atoms with van der Waals surface area (Å²) in [6, 6.07) is 9.54. The molecule has 5 heteroatoms. The highest BCUT2D eigenvalue weighted by Crippen LogP contribution is 2.20. The molecular formula is C17H16N4O. The van der Waals surface area contributed by atoms with E-state index in [2.05, 4.69) is 27.1 Å². The number of amides is 2. The van der Waals surface area contributed by atoms with Gasteiger partial charge in [0.05, 0.1) is 24.5 Å². The Hall–Kier alpha value is -2.87. The van der Waals surface area contributed by atoms with Gasteiger partial charge in [-0.2, -0.15) is 0 Å². The molecule has 1 aliphatic rings. The molecule has 1 fully saturated rings. The number of hydrogen-bond acceptors (Lipinski definition) is 3. The molecule has 0 aliphatic carbocycles. The third-order valence-electron chi connectivity index (χ3n) is 3.27. The lowest BCUT2D eigenvalue weighted by Crippen LogP contribution is -2.36. The average molecular weight is 292 g/mol. The van der Waals surface area contributed by atoms with Crippen molar-refractivity contribution < 1.29 is 4.79 Å². The third-order valence-corrected chi connectivity index (χ3v) is 3.27. The first-order chi connectivity index (χ1) is 10.5. The lowest BCUT2D eigenvalue weighted by atomic mass is 10.1. The molecule has 110 valence electrons. The van der Waals surface area contributed by atoms with Crippen molar-refractivity contribution in [1.82, 2.24) is 15.3 Å². The van der Waals surface area contributed by atoms with Crippen molar-refractivity contribution in [2.24, 2.45) is 0 Å². The van der Waals surface area contributed by atoms with Crippen LogP contribution in [0.25, 0.3) is 0 Å². The van der Waals surface area contributed by atoms with E-state index in [4.69, 9.17) is 0 Å². The molecular weight excluding hydrogens is 276 g/mol. The molecule has 2 heterocycles. The Morgan fingerprint density at radius 2 is 1.91 bits per heavy atom. The quantitative estimate of drug-likeness (QED) is 0.820. The van der Waals surface area contributed by atoms with Crippen LogP contribution in [0, 0.1) is 11.8 Å². The Balaban J connectivity index is 1.77. The molecule has 5 nitrogen and oxygen atoms in total. The molecule has 0 bridgehead atoms. The van der Waals surface area contributed by atoms with Crippen LogP contribution in [-0.2, 0) is 0 Å². The van der Waals surface area contributed by atoms with Gasteiger partial charge in [0.25, 0.3) is 0 Å². The molecule has 2 amide bonds. The molecule has 22 heavy (non-hydrogen) atoms. The van der Waals surface area contributed by atoms with E-state index < -0.39 is 0 Å².